The first-order valence-corrected chi connectivity index (χ1v) is 7.98. The summed E-state index contributed by atoms with van der Waals surface area (Å²) in [5.41, 5.74) is 2.25. The molecule has 0 aliphatic heterocycles. The molecule has 1 N–H and O–H groups in total. The van der Waals surface area contributed by atoms with Gasteiger partial charge in [-0.15, -0.1) is 0 Å². The maximum absolute atomic E-state index is 6.47. The molecule has 1 aromatic rings. The number of nitrogens with zero attached hydrogens (tertiary/aromatic N) is 2. The number of nitrogens with one attached hydrogen (secondary N) is 1. The summed E-state index contributed by atoms with van der Waals surface area (Å²) in [5, 5.41) is 9.07. The molecule has 0 radical (unpaired) electrons. The molecule has 2 atom stereocenters. The third-order valence-electron chi connectivity index (χ3n) is 4.33. The lowest BCUT2D eigenvalue weighted by Gasteiger charge is -2.32. The highest BCUT2D eigenvalue weighted by molar-refractivity contribution is 6.31. The van der Waals surface area contributed by atoms with Crippen LogP contribution >= 0.6 is 11.6 Å². The zero-order valence-corrected chi connectivity index (χ0v) is 13.1. The Labute approximate surface area is 121 Å². The summed E-state index contributed by atoms with van der Waals surface area (Å²) in [4.78, 5) is 0. The second kappa shape index (κ2) is 6.76. The van der Waals surface area contributed by atoms with Crippen LogP contribution in [0, 0.1) is 5.92 Å². The molecule has 1 fully saturated rings. The van der Waals surface area contributed by atoms with Gasteiger partial charge >= 0.3 is 0 Å². The first-order valence-electron chi connectivity index (χ1n) is 7.61. The van der Waals surface area contributed by atoms with Crippen molar-refractivity contribution in [1.82, 2.24) is 15.1 Å². The van der Waals surface area contributed by atoms with Crippen LogP contribution in [0.2, 0.25) is 5.02 Å². The lowest BCUT2D eigenvalue weighted by molar-refractivity contribution is 0.261. The molecule has 108 valence electrons. The number of hydrogen-bond donors (Lipinski definition) is 1. The van der Waals surface area contributed by atoms with Gasteiger partial charge in [-0.2, -0.15) is 5.10 Å². The largest absolute Gasteiger partial charge is 0.314 e. The van der Waals surface area contributed by atoms with Gasteiger partial charge in [0.25, 0.3) is 0 Å². The van der Waals surface area contributed by atoms with Crippen molar-refractivity contribution in [2.75, 3.05) is 6.54 Å². The van der Waals surface area contributed by atoms with Crippen LogP contribution in [0.25, 0.3) is 0 Å². The van der Waals surface area contributed by atoms with Gasteiger partial charge in [-0.1, -0.05) is 38.3 Å². The SMILES string of the molecule is CCNC1CCCCC1Cc1c(Cl)c(CC)nn1C. The normalized spacial score (nSPS) is 23.8. The van der Waals surface area contributed by atoms with Gasteiger partial charge in [-0.05, 0) is 38.1 Å². The molecule has 19 heavy (non-hydrogen) atoms. The predicted molar refractivity (Wildman–Crippen MR) is 80.7 cm³/mol. The second-order valence-corrected chi connectivity index (χ2v) is 5.98. The zero-order valence-electron chi connectivity index (χ0n) is 12.4. The number of aromatic nitrogens is 2. The summed E-state index contributed by atoms with van der Waals surface area (Å²) in [6.45, 7) is 5.36. The minimum Gasteiger partial charge on any atom is -0.314 e. The third-order valence-corrected chi connectivity index (χ3v) is 4.77. The van der Waals surface area contributed by atoms with Crippen LogP contribution in [0.4, 0.5) is 0 Å². The summed E-state index contributed by atoms with van der Waals surface area (Å²) in [6, 6.07) is 0.648. The van der Waals surface area contributed by atoms with Gasteiger partial charge in [0, 0.05) is 13.1 Å². The van der Waals surface area contributed by atoms with E-state index in [-0.39, 0.29) is 0 Å². The van der Waals surface area contributed by atoms with Gasteiger partial charge < -0.3 is 5.32 Å². The Balaban J connectivity index is 2.12. The fraction of sp³-hybridized carbons (Fsp3) is 0.800. The van der Waals surface area contributed by atoms with Gasteiger partial charge in [0.05, 0.1) is 16.4 Å². The summed E-state index contributed by atoms with van der Waals surface area (Å²) in [5.74, 6) is 0.700. The third kappa shape index (κ3) is 3.32. The molecule has 1 aromatic heterocycles. The lowest BCUT2D eigenvalue weighted by Crippen LogP contribution is -2.39. The quantitative estimate of drug-likeness (QED) is 0.898. The topological polar surface area (TPSA) is 29.9 Å². The standard InChI is InChI=1S/C15H26ClN3/c1-4-12-15(16)14(19(3)18-12)10-11-8-6-7-9-13(11)17-5-2/h11,13,17H,4-10H2,1-3H3. The Morgan fingerprint density at radius 2 is 2.05 bits per heavy atom. The average Bonchev–Trinajstić information content (AvgIpc) is 2.68. The molecule has 3 nitrogen and oxygen atoms in total. The Morgan fingerprint density at radius 1 is 1.32 bits per heavy atom. The van der Waals surface area contributed by atoms with Crippen LogP contribution in [0.5, 0.6) is 0 Å². The van der Waals surface area contributed by atoms with Crippen molar-refractivity contribution in [3.63, 3.8) is 0 Å². The van der Waals surface area contributed by atoms with Gasteiger partial charge in [-0.25, -0.2) is 0 Å². The van der Waals surface area contributed by atoms with Gasteiger partial charge in [0.2, 0.25) is 0 Å². The predicted octanol–water partition coefficient (Wildman–Crippen LogP) is 3.35. The highest BCUT2D eigenvalue weighted by atomic mass is 35.5. The van der Waals surface area contributed by atoms with Crippen molar-refractivity contribution in [3.8, 4) is 0 Å². The van der Waals surface area contributed by atoms with Gasteiger partial charge in [-0.3, -0.25) is 4.68 Å². The summed E-state index contributed by atoms with van der Waals surface area (Å²) in [7, 11) is 2.02. The van der Waals surface area contributed by atoms with E-state index in [1.807, 2.05) is 11.7 Å². The van der Waals surface area contributed by atoms with E-state index in [0.717, 1.165) is 30.1 Å². The summed E-state index contributed by atoms with van der Waals surface area (Å²) in [6.07, 6.45) is 7.28. The average molecular weight is 284 g/mol. The molecule has 0 spiro atoms. The molecule has 0 saturated heterocycles. The highest BCUT2D eigenvalue weighted by Gasteiger charge is 2.27. The van der Waals surface area contributed by atoms with Crippen LogP contribution in [0.15, 0.2) is 0 Å². The molecular weight excluding hydrogens is 258 g/mol. The van der Waals surface area contributed by atoms with E-state index in [4.69, 9.17) is 11.6 Å². The van der Waals surface area contributed by atoms with Crippen molar-refractivity contribution >= 4 is 11.6 Å². The van der Waals surface area contributed by atoms with Crippen molar-refractivity contribution in [2.24, 2.45) is 13.0 Å². The second-order valence-electron chi connectivity index (χ2n) is 5.60. The maximum Gasteiger partial charge on any atom is 0.0849 e. The van der Waals surface area contributed by atoms with Gasteiger partial charge in [0.15, 0.2) is 0 Å². The molecule has 0 amide bonds. The first-order chi connectivity index (χ1) is 9.17. The molecule has 0 bridgehead atoms. The number of aryl methyl sites for hydroxylation is 2. The van der Waals surface area contributed by atoms with Crippen LogP contribution in [-0.2, 0) is 19.9 Å². The summed E-state index contributed by atoms with van der Waals surface area (Å²) < 4.78 is 1.98. The number of rotatable bonds is 5. The summed E-state index contributed by atoms with van der Waals surface area (Å²) >= 11 is 6.47. The number of halogens is 1. The van der Waals surface area contributed by atoms with E-state index in [9.17, 15) is 0 Å². The van der Waals surface area contributed by atoms with Crippen LogP contribution < -0.4 is 5.32 Å². The minimum absolute atomic E-state index is 0.648. The van der Waals surface area contributed by atoms with Crippen LogP contribution in [-0.4, -0.2) is 22.4 Å². The Kier molecular flexibility index (Phi) is 5.28. The highest BCUT2D eigenvalue weighted by Crippen LogP contribution is 2.31. The molecule has 2 unspecified atom stereocenters. The van der Waals surface area contributed by atoms with Crippen molar-refractivity contribution in [2.45, 2.75) is 58.4 Å². The molecule has 1 aliphatic rings. The Bertz CT molecular complexity index is 412. The zero-order chi connectivity index (χ0) is 13.8. The van der Waals surface area contributed by atoms with Crippen LogP contribution in [0.3, 0.4) is 0 Å². The molecule has 2 rings (SSSR count). The molecular formula is C15H26ClN3. The van der Waals surface area contributed by atoms with E-state index in [0.29, 0.717) is 12.0 Å². The molecule has 4 heteroatoms. The Hall–Kier alpha value is -0.540. The van der Waals surface area contributed by atoms with Crippen molar-refractivity contribution in [3.05, 3.63) is 16.4 Å². The van der Waals surface area contributed by atoms with Crippen LogP contribution in [0.1, 0.15) is 50.9 Å². The van der Waals surface area contributed by atoms with Gasteiger partial charge in [0.1, 0.15) is 0 Å². The van der Waals surface area contributed by atoms with Crippen molar-refractivity contribution in [1.29, 1.82) is 0 Å². The molecule has 1 saturated carbocycles. The lowest BCUT2D eigenvalue weighted by atomic mass is 9.81. The minimum atomic E-state index is 0.648. The fourth-order valence-electron chi connectivity index (χ4n) is 3.27. The molecule has 1 aliphatic carbocycles. The first kappa shape index (κ1) is 14.9. The van der Waals surface area contributed by atoms with E-state index in [1.165, 1.54) is 31.4 Å². The monoisotopic (exact) mass is 283 g/mol. The van der Waals surface area contributed by atoms with E-state index >= 15 is 0 Å². The van der Waals surface area contributed by atoms with E-state index in [2.05, 4.69) is 24.3 Å². The smallest absolute Gasteiger partial charge is 0.0849 e. The molecule has 0 aromatic carbocycles. The number of hydrogen-bond acceptors (Lipinski definition) is 2. The van der Waals surface area contributed by atoms with E-state index in [1.54, 1.807) is 0 Å². The van der Waals surface area contributed by atoms with E-state index < -0.39 is 0 Å². The Morgan fingerprint density at radius 3 is 2.68 bits per heavy atom. The maximum atomic E-state index is 6.47. The fourth-order valence-corrected chi connectivity index (χ4v) is 3.64. The molecule has 1 heterocycles. The van der Waals surface area contributed by atoms with Crippen molar-refractivity contribution < 1.29 is 0 Å².